The van der Waals surface area contributed by atoms with E-state index in [-0.39, 0.29) is 5.60 Å². The second-order valence-corrected chi connectivity index (χ2v) is 10.4. The second-order valence-electron chi connectivity index (χ2n) is 10.4. The Morgan fingerprint density at radius 1 is 1.14 bits per heavy atom. The Morgan fingerprint density at radius 2 is 1.95 bits per heavy atom. The molecule has 6 rings (SSSR count). The maximum Gasteiger partial charge on any atom is 0.321 e. The molecule has 1 aliphatic carbocycles. The van der Waals surface area contributed by atoms with Gasteiger partial charge in [0, 0.05) is 39.1 Å². The van der Waals surface area contributed by atoms with Gasteiger partial charge in [0.2, 0.25) is 5.88 Å². The third-order valence-electron chi connectivity index (χ3n) is 8.26. The van der Waals surface area contributed by atoms with Crippen molar-refractivity contribution in [1.29, 1.82) is 5.26 Å². The average Bonchev–Trinajstić information content (AvgIpc) is 3.40. The number of piperazine rings is 1. The van der Waals surface area contributed by atoms with Gasteiger partial charge in [0.15, 0.2) is 0 Å². The lowest BCUT2D eigenvalue weighted by Crippen LogP contribution is -2.45. The Kier molecular flexibility index (Phi) is 8.11. The molecule has 198 valence electrons. The summed E-state index contributed by atoms with van der Waals surface area (Å²) in [6.45, 7) is 10.4. The molecule has 2 atom stereocenters. The number of likely N-dealkylation sites (N-methyl/N-ethyl adjacent to an activating group) is 1. The standard InChI is InChI=1S/C27H37N5O2.C2H3N/c1-2-31-16-6-9-21(31)19-33-26-29-24(32-17-14-28-15-18-32)22-11-13-27(34-25(22)30-26)12-5-8-20-7-3-4-10-23(20)27;1-2-3/h3-4,7,10,21,28H,2,5-6,8-9,11-19H2,1H3;1H3/t21-,27?;/m0./s1. The topological polar surface area (TPSA) is 86.5 Å². The molecule has 2 saturated heterocycles. The molecule has 4 aliphatic rings. The van der Waals surface area contributed by atoms with E-state index in [0.717, 1.165) is 88.6 Å². The lowest BCUT2D eigenvalue weighted by molar-refractivity contribution is 0.0190. The molecule has 8 heteroatoms. The van der Waals surface area contributed by atoms with E-state index in [4.69, 9.17) is 24.7 Å². The van der Waals surface area contributed by atoms with E-state index < -0.39 is 0 Å². The van der Waals surface area contributed by atoms with E-state index in [9.17, 15) is 0 Å². The molecule has 0 bridgehead atoms. The Bertz CT molecular complexity index is 1110. The van der Waals surface area contributed by atoms with Crippen molar-refractivity contribution in [2.75, 3.05) is 50.8 Å². The van der Waals surface area contributed by atoms with Gasteiger partial charge in [-0.2, -0.15) is 15.2 Å². The molecule has 8 nitrogen and oxygen atoms in total. The number of benzene rings is 1. The van der Waals surface area contributed by atoms with Crippen LogP contribution in [0.2, 0.25) is 0 Å². The molecule has 1 spiro atoms. The Balaban J connectivity index is 0.000000892. The van der Waals surface area contributed by atoms with Crippen molar-refractivity contribution in [3.63, 3.8) is 0 Å². The van der Waals surface area contributed by atoms with Crippen molar-refractivity contribution >= 4 is 5.82 Å². The molecule has 0 amide bonds. The summed E-state index contributed by atoms with van der Waals surface area (Å²) < 4.78 is 13.2. The number of aryl methyl sites for hydroxylation is 1. The minimum absolute atomic E-state index is 0.279. The highest BCUT2D eigenvalue weighted by Gasteiger charge is 2.43. The number of likely N-dealkylation sites (tertiary alicyclic amines) is 1. The number of ether oxygens (including phenoxy) is 2. The van der Waals surface area contributed by atoms with Crippen LogP contribution in [-0.4, -0.2) is 66.8 Å². The third-order valence-corrected chi connectivity index (χ3v) is 8.26. The largest absolute Gasteiger partial charge is 0.466 e. The second kappa shape index (κ2) is 11.7. The van der Waals surface area contributed by atoms with Crippen LogP contribution >= 0.6 is 0 Å². The molecule has 1 N–H and O–H groups in total. The first-order valence-electron chi connectivity index (χ1n) is 14.0. The summed E-state index contributed by atoms with van der Waals surface area (Å²) >= 11 is 0. The molecule has 0 radical (unpaired) electrons. The molecule has 1 unspecified atom stereocenters. The quantitative estimate of drug-likeness (QED) is 0.657. The third kappa shape index (κ3) is 5.39. The highest BCUT2D eigenvalue weighted by atomic mass is 16.5. The van der Waals surface area contributed by atoms with Crippen molar-refractivity contribution < 1.29 is 9.47 Å². The first-order valence-corrected chi connectivity index (χ1v) is 14.0. The zero-order valence-electron chi connectivity index (χ0n) is 22.3. The Labute approximate surface area is 221 Å². The molecule has 2 aromatic rings. The van der Waals surface area contributed by atoms with Gasteiger partial charge in [-0.3, -0.25) is 4.90 Å². The average molecular weight is 505 g/mol. The monoisotopic (exact) mass is 504 g/mol. The van der Waals surface area contributed by atoms with Crippen LogP contribution in [0.4, 0.5) is 5.82 Å². The molecule has 2 fully saturated rings. The molecule has 3 aliphatic heterocycles. The molecule has 1 aromatic heterocycles. The molecule has 1 aromatic carbocycles. The summed E-state index contributed by atoms with van der Waals surface area (Å²) in [7, 11) is 0. The number of nitrogens with one attached hydrogen (secondary N) is 1. The lowest BCUT2D eigenvalue weighted by atomic mass is 9.75. The fraction of sp³-hybridized carbons (Fsp3) is 0.621. The van der Waals surface area contributed by atoms with E-state index in [1.165, 1.54) is 30.9 Å². The number of nitrogens with zero attached hydrogens (tertiary/aromatic N) is 5. The number of nitriles is 1. The highest BCUT2D eigenvalue weighted by molar-refractivity contribution is 5.55. The maximum absolute atomic E-state index is 7.32. The van der Waals surface area contributed by atoms with Crippen molar-refractivity contribution in [1.82, 2.24) is 20.2 Å². The predicted octanol–water partition coefficient (Wildman–Crippen LogP) is 3.84. The van der Waals surface area contributed by atoms with E-state index in [1.807, 2.05) is 0 Å². The van der Waals surface area contributed by atoms with Crippen LogP contribution in [0.25, 0.3) is 0 Å². The number of rotatable bonds is 5. The minimum atomic E-state index is -0.279. The number of hydrogen-bond acceptors (Lipinski definition) is 8. The zero-order chi connectivity index (χ0) is 25.7. The maximum atomic E-state index is 7.32. The molecule has 37 heavy (non-hydrogen) atoms. The first-order chi connectivity index (χ1) is 18.2. The van der Waals surface area contributed by atoms with Gasteiger partial charge in [-0.15, -0.1) is 0 Å². The van der Waals surface area contributed by atoms with Crippen LogP contribution in [0.1, 0.15) is 62.6 Å². The van der Waals surface area contributed by atoms with Gasteiger partial charge in [0.05, 0.1) is 11.6 Å². The van der Waals surface area contributed by atoms with Crippen LogP contribution < -0.4 is 19.7 Å². The lowest BCUT2D eigenvalue weighted by Gasteiger charge is -2.43. The van der Waals surface area contributed by atoms with Gasteiger partial charge in [0.25, 0.3) is 0 Å². The van der Waals surface area contributed by atoms with Crippen LogP contribution in [-0.2, 0) is 18.4 Å². The summed E-state index contributed by atoms with van der Waals surface area (Å²) in [5.41, 5.74) is 3.64. The van der Waals surface area contributed by atoms with E-state index in [1.54, 1.807) is 6.07 Å². The minimum Gasteiger partial charge on any atom is -0.466 e. The predicted molar refractivity (Wildman–Crippen MR) is 144 cm³/mol. The zero-order valence-corrected chi connectivity index (χ0v) is 22.3. The van der Waals surface area contributed by atoms with Crippen molar-refractivity contribution in [3.8, 4) is 18.0 Å². The fourth-order valence-corrected chi connectivity index (χ4v) is 6.42. The van der Waals surface area contributed by atoms with E-state index >= 15 is 0 Å². The number of aromatic nitrogens is 2. The Hall–Kier alpha value is -2.89. The van der Waals surface area contributed by atoms with Crippen molar-refractivity contribution in [3.05, 3.63) is 41.0 Å². The van der Waals surface area contributed by atoms with E-state index in [2.05, 4.69) is 46.3 Å². The normalized spacial score (nSPS) is 24.8. The van der Waals surface area contributed by atoms with Crippen molar-refractivity contribution in [2.45, 2.75) is 70.4 Å². The number of hydrogen-bond donors (Lipinski definition) is 1. The summed E-state index contributed by atoms with van der Waals surface area (Å²) in [4.78, 5) is 14.7. The molecular weight excluding hydrogens is 464 g/mol. The van der Waals surface area contributed by atoms with Crippen LogP contribution in [0.15, 0.2) is 24.3 Å². The van der Waals surface area contributed by atoms with Crippen LogP contribution in [0, 0.1) is 11.3 Å². The summed E-state index contributed by atoms with van der Waals surface area (Å²) in [6.07, 6.45) is 7.67. The highest BCUT2D eigenvalue weighted by Crippen LogP contribution is 2.48. The summed E-state index contributed by atoms with van der Waals surface area (Å²) in [6, 6.07) is 11.5. The van der Waals surface area contributed by atoms with Gasteiger partial charge in [-0.25, -0.2) is 0 Å². The van der Waals surface area contributed by atoms with Crippen LogP contribution in [0.5, 0.6) is 11.9 Å². The number of fused-ring (bicyclic) bond motifs is 3. The fourth-order valence-electron chi connectivity index (χ4n) is 6.42. The molecule has 4 heterocycles. The van der Waals surface area contributed by atoms with Gasteiger partial charge < -0.3 is 19.7 Å². The van der Waals surface area contributed by atoms with E-state index in [0.29, 0.717) is 18.7 Å². The smallest absolute Gasteiger partial charge is 0.321 e. The van der Waals surface area contributed by atoms with Gasteiger partial charge >= 0.3 is 6.01 Å². The van der Waals surface area contributed by atoms with Gasteiger partial charge in [0.1, 0.15) is 18.0 Å². The summed E-state index contributed by atoms with van der Waals surface area (Å²) in [5.74, 6) is 1.75. The first kappa shape index (κ1) is 25.7. The Morgan fingerprint density at radius 3 is 2.76 bits per heavy atom. The summed E-state index contributed by atoms with van der Waals surface area (Å²) in [5, 5.41) is 10.8. The van der Waals surface area contributed by atoms with Gasteiger partial charge in [-0.05, 0) is 69.2 Å². The SMILES string of the molecule is CC#N.CCN1CCC[C@H]1COc1nc2c(c(N3CCNCC3)n1)CCC1(CCCc3ccccc31)O2. The molecule has 0 saturated carbocycles. The van der Waals surface area contributed by atoms with Gasteiger partial charge in [-0.1, -0.05) is 31.2 Å². The van der Waals surface area contributed by atoms with Crippen LogP contribution in [0.3, 0.4) is 0 Å². The van der Waals surface area contributed by atoms with Crippen molar-refractivity contribution in [2.24, 2.45) is 0 Å². The number of anilines is 1. The molecular formula is C29H40N6O2.